The van der Waals surface area contributed by atoms with Crippen molar-refractivity contribution in [3.63, 3.8) is 0 Å². The summed E-state index contributed by atoms with van der Waals surface area (Å²) in [6, 6.07) is 6.61. The van der Waals surface area contributed by atoms with E-state index in [2.05, 4.69) is 31.1 Å². The number of phenolic OH excluding ortho intramolecular Hbond substituents is 1. The molecule has 0 bridgehead atoms. The Labute approximate surface area is 296 Å². The predicted octanol–water partition coefficient (Wildman–Crippen LogP) is 6.37. The van der Waals surface area contributed by atoms with Gasteiger partial charge in [0.15, 0.2) is 0 Å². The SMILES string of the molecule is CC(C)(C)OC(=O)NCCn1cc(-c2cc3c(NC4CCC(NC(=O)OC(C)(C)C)CC4)c(C(N)=Nc4ccc(O)cc4Cl)cnn3c2)cn1. The third kappa shape index (κ3) is 9.80. The average Bonchev–Trinajstić information content (AvgIpc) is 3.65. The van der Waals surface area contributed by atoms with Crippen molar-refractivity contribution in [2.24, 2.45) is 10.7 Å². The number of amidine groups is 1. The number of nitrogens with two attached hydrogens (primary N) is 1. The Kier molecular flexibility index (Phi) is 10.8. The molecule has 15 heteroatoms. The lowest BCUT2D eigenvalue weighted by atomic mass is 9.91. The molecule has 2 amide bonds. The molecule has 0 atom stereocenters. The van der Waals surface area contributed by atoms with Crippen LogP contribution in [0.15, 0.2) is 54.0 Å². The van der Waals surface area contributed by atoms with Gasteiger partial charge in [-0.2, -0.15) is 10.2 Å². The summed E-state index contributed by atoms with van der Waals surface area (Å²) in [6.45, 7) is 11.8. The van der Waals surface area contributed by atoms with Crippen molar-refractivity contribution in [2.75, 3.05) is 11.9 Å². The highest BCUT2D eigenvalue weighted by molar-refractivity contribution is 6.33. The maximum Gasteiger partial charge on any atom is 0.407 e. The van der Waals surface area contributed by atoms with Crippen LogP contribution < -0.4 is 21.7 Å². The molecule has 0 unspecified atom stereocenters. The van der Waals surface area contributed by atoms with Crippen LogP contribution in [0.25, 0.3) is 16.6 Å². The number of ether oxygens (including phenoxy) is 2. The van der Waals surface area contributed by atoms with Crippen molar-refractivity contribution in [2.45, 2.75) is 97.1 Å². The number of rotatable bonds is 9. The molecule has 4 aromatic rings. The number of aliphatic imine (C=N–C) groups is 1. The Morgan fingerprint density at radius 1 is 0.960 bits per heavy atom. The zero-order chi connectivity index (χ0) is 36.2. The van der Waals surface area contributed by atoms with Gasteiger partial charge in [0.05, 0.1) is 46.4 Å². The number of carbonyl (C=O) groups excluding carboxylic acids is 2. The van der Waals surface area contributed by atoms with Crippen LogP contribution in [0.3, 0.4) is 0 Å². The van der Waals surface area contributed by atoms with E-state index >= 15 is 0 Å². The van der Waals surface area contributed by atoms with E-state index in [1.807, 2.05) is 60.0 Å². The summed E-state index contributed by atoms with van der Waals surface area (Å²) in [6.07, 6.45) is 9.49. The molecule has 6 N–H and O–H groups in total. The van der Waals surface area contributed by atoms with Gasteiger partial charge in [-0.15, -0.1) is 0 Å². The first kappa shape index (κ1) is 36.3. The molecule has 268 valence electrons. The molecule has 0 saturated heterocycles. The summed E-state index contributed by atoms with van der Waals surface area (Å²) in [5.41, 5.74) is 9.74. The minimum Gasteiger partial charge on any atom is -0.508 e. The molecule has 1 aromatic carbocycles. The van der Waals surface area contributed by atoms with Crippen LogP contribution in [0.1, 0.15) is 72.8 Å². The zero-order valence-corrected chi connectivity index (χ0v) is 30.0. The number of fused-ring (bicyclic) bond motifs is 1. The molecule has 0 spiro atoms. The number of halogens is 1. The number of nitrogens with one attached hydrogen (secondary N) is 3. The molecule has 3 aromatic heterocycles. The molecule has 50 heavy (non-hydrogen) atoms. The minimum absolute atomic E-state index is 0.0128. The Hall–Kier alpha value is -4.98. The van der Waals surface area contributed by atoms with Gasteiger partial charge in [-0.3, -0.25) is 4.68 Å². The maximum atomic E-state index is 12.4. The highest BCUT2D eigenvalue weighted by Crippen LogP contribution is 2.33. The third-order valence-corrected chi connectivity index (χ3v) is 8.16. The number of aromatic nitrogens is 4. The topological polar surface area (TPSA) is 182 Å². The normalized spacial score (nSPS) is 17.0. The van der Waals surface area contributed by atoms with Crippen molar-refractivity contribution in [1.29, 1.82) is 0 Å². The number of nitrogens with zero attached hydrogens (tertiary/aromatic N) is 5. The van der Waals surface area contributed by atoms with Gasteiger partial charge in [-0.05, 0) is 85.4 Å². The quantitative estimate of drug-likeness (QED) is 0.0975. The maximum absolute atomic E-state index is 12.4. The van der Waals surface area contributed by atoms with Gasteiger partial charge in [0.25, 0.3) is 0 Å². The number of hydrogen-bond acceptors (Lipinski definition) is 9. The Morgan fingerprint density at radius 2 is 1.64 bits per heavy atom. The third-order valence-electron chi connectivity index (χ3n) is 7.86. The van der Waals surface area contributed by atoms with Gasteiger partial charge in [0.2, 0.25) is 0 Å². The van der Waals surface area contributed by atoms with Crippen LogP contribution in [0.4, 0.5) is 21.0 Å². The average molecular weight is 708 g/mol. The molecule has 1 aliphatic carbocycles. The van der Waals surface area contributed by atoms with Gasteiger partial charge in [-0.25, -0.2) is 19.1 Å². The van der Waals surface area contributed by atoms with Crippen molar-refractivity contribution in [1.82, 2.24) is 30.0 Å². The van der Waals surface area contributed by atoms with E-state index in [4.69, 9.17) is 26.8 Å². The Bertz CT molecular complexity index is 1860. The predicted molar refractivity (Wildman–Crippen MR) is 193 cm³/mol. The van der Waals surface area contributed by atoms with E-state index in [0.717, 1.165) is 48.0 Å². The lowest BCUT2D eigenvalue weighted by molar-refractivity contribution is 0.0488. The molecular formula is C35H46ClN9O5. The number of amides is 2. The van der Waals surface area contributed by atoms with Gasteiger partial charge < -0.3 is 36.3 Å². The van der Waals surface area contributed by atoms with Gasteiger partial charge in [0.1, 0.15) is 22.8 Å². The summed E-state index contributed by atoms with van der Waals surface area (Å²) in [7, 11) is 0. The Balaban J connectivity index is 1.38. The van der Waals surface area contributed by atoms with Crippen molar-refractivity contribution in [3.05, 3.63) is 59.6 Å². The van der Waals surface area contributed by atoms with E-state index < -0.39 is 23.4 Å². The number of anilines is 1. The second-order valence-electron chi connectivity index (χ2n) is 14.4. The van der Waals surface area contributed by atoms with Crippen LogP contribution in [0.5, 0.6) is 5.75 Å². The number of carbonyl (C=O) groups is 2. The van der Waals surface area contributed by atoms with Crippen LogP contribution in [-0.2, 0) is 16.0 Å². The van der Waals surface area contributed by atoms with Crippen molar-refractivity contribution in [3.8, 4) is 16.9 Å². The first-order valence-corrected chi connectivity index (χ1v) is 17.0. The number of hydrogen-bond donors (Lipinski definition) is 5. The summed E-state index contributed by atoms with van der Waals surface area (Å²) >= 11 is 6.35. The first-order chi connectivity index (χ1) is 23.5. The molecule has 0 aliphatic heterocycles. The largest absolute Gasteiger partial charge is 0.508 e. The van der Waals surface area contributed by atoms with E-state index in [-0.39, 0.29) is 28.7 Å². The fourth-order valence-electron chi connectivity index (χ4n) is 5.62. The number of benzene rings is 1. The second kappa shape index (κ2) is 14.9. The fourth-order valence-corrected chi connectivity index (χ4v) is 5.84. The molecule has 3 heterocycles. The number of phenols is 1. The molecular weight excluding hydrogens is 662 g/mol. The van der Waals surface area contributed by atoms with Crippen LogP contribution in [0.2, 0.25) is 5.02 Å². The van der Waals surface area contributed by atoms with E-state index in [1.54, 1.807) is 27.7 Å². The zero-order valence-electron chi connectivity index (χ0n) is 29.3. The Morgan fingerprint density at radius 3 is 2.32 bits per heavy atom. The van der Waals surface area contributed by atoms with Gasteiger partial charge in [0, 0.05) is 48.2 Å². The highest BCUT2D eigenvalue weighted by atomic mass is 35.5. The summed E-state index contributed by atoms with van der Waals surface area (Å²) < 4.78 is 14.3. The molecule has 1 saturated carbocycles. The lowest BCUT2D eigenvalue weighted by Crippen LogP contribution is -2.42. The molecule has 1 aliphatic rings. The molecule has 5 rings (SSSR count). The van der Waals surface area contributed by atoms with Crippen LogP contribution in [0, 0.1) is 0 Å². The van der Waals surface area contributed by atoms with Gasteiger partial charge >= 0.3 is 12.2 Å². The molecule has 0 radical (unpaired) electrons. The standard InChI is InChI=1S/C35H46ClN9O5/c1-34(2,3)49-32(47)38-13-14-44-19-22(17-39-44)21-15-29-30(41-23-7-9-24(10-8-23)42-33(48)50-35(4,5)6)26(18-40-45(29)20-21)31(37)43-28-12-11-25(46)16-27(28)36/h11-12,15-20,23-24,41,46H,7-10,13-14H2,1-6H3,(H2,37,43)(H,38,47)(H,42,48). The minimum atomic E-state index is -0.574. The highest BCUT2D eigenvalue weighted by Gasteiger charge is 2.26. The van der Waals surface area contributed by atoms with Crippen LogP contribution >= 0.6 is 11.6 Å². The number of alkyl carbamates (subject to hydrolysis) is 2. The fraction of sp³-hybridized carbons (Fsp3) is 0.457. The monoisotopic (exact) mass is 707 g/mol. The first-order valence-electron chi connectivity index (χ1n) is 16.6. The van der Waals surface area contributed by atoms with E-state index in [1.165, 1.54) is 12.1 Å². The van der Waals surface area contributed by atoms with Crippen molar-refractivity contribution >= 4 is 46.5 Å². The van der Waals surface area contributed by atoms with Gasteiger partial charge in [-0.1, -0.05) is 11.6 Å². The van der Waals surface area contributed by atoms with Crippen molar-refractivity contribution < 1.29 is 24.2 Å². The molecule has 1 fully saturated rings. The van der Waals surface area contributed by atoms with Crippen LogP contribution in [-0.4, -0.2) is 72.4 Å². The molecule has 14 nitrogen and oxygen atoms in total. The van der Waals surface area contributed by atoms with E-state index in [0.29, 0.717) is 24.3 Å². The van der Waals surface area contributed by atoms with E-state index in [9.17, 15) is 14.7 Å². The second-order valence-corrected chi connectivity index (χ2v) is 14.8. The summed E-state index contributed by atoms with van der Waals surface area (Å²) in [5, 5.41) is 28.6. The summed E-state index contributed by atoms with van der Waals surface area (Å²) in [4.78, 5) is 29.0. The number of aromatic hydroxyl groups is 1. The summed E-state index contributed by atoms with van der Waals surface area (Å²) in [5.74, 6) is 0.224. The lowest BCUT2D eigenvalue weighted by Gasteiger charge is -2.31. The smallest absolute Gasteiger partial charge is 0.407 e.